The third-order valence-electron chi connectivity index (χ3n) is 2.66. The van der Waals surface area contributed by atoms with Crippen molar-refractivity contribution in [3.63, 3.8) is 0 Å². The molecule has 2 rings (SSSR count). The summed E-state index contributed by atoms with van der Waals surface area (Å²) < 4.78 is 13.5. The Kier molecular flexibility index (Phi) is 3.87. The monoisotopic (exact) mass is 259 g/mol. The quantitative estimate of drug-likeness (QED) is 0.888. The molecule has 0 saturated heterocycles. The Hall–Kier alpha value is -2.27. The molecule has 2 aromatic rings. The molecule has 0 aliphatic rings. The summed E-state index contributed by atoms with van der Waals surface area (Å²) in [7, 11) is 0. The molecule has 19 heavy (non-hydrogen) atoms. The van der Waals surface area contributed by atoms with Crippen LogP contribution in [0.4, 0.5) is 10.1 Å². The van der Waals surface area contributed by atoms with Crippen LogP contribution in [0.3, 0.4) is 0 Å². The van der Waals surface area contributed by atoms with E-state index in [4.69, 9.17) is 5.73 Å². The second kappa shape index (κ2) is 5.58. The van der Waals surface area contributed by atoms with Crippen LogP contribution in [0.25, 0.3) is 0 Å². The summed E-state index contributed by atoms with van der Waals surface area (Å²) in [6, 6.07) is 7.69. The maximum absolute atomic E-state index is 13.5. The fraction of sp³-hybridized carbons (Fsp3) is 0.143. The lowest BCUT2D eigenvalue weighted by Gasteiger charge is -2.08. The van der Waals surface area contributed by atoms with E-state index in [1.54, 1.807) is 24.3 Å². The Balaban J connectivity index is 2.22. The number of nitrogens with zero attached hydrogens (tertiary/aromatic N) is 1. The molecule has 0 spiro atoms. The zero-order chi connectivity index (χ0) is 13.8. The van der Waals surface area contributed by atoms with E-state index in [-0.39, 0.29) is 18.1 Å². The van der Waals surface area contributed by atoms with Gasteiger partial charge in [0.15, 0.2) is 0 Å². The van der Waals surface area contributed by atoms with Crippen LogP contribution in [0.5, 0.6) is 0 Å². The van der Waals surface area contributed by atoms with Gasteiger partial charge in [0, 0.05) is 18.3 Å². The second-order valence-electron chi connectivity index (χ2n) is 4.18. The molecule has 0 radical (unpaired) electrons. The zero-order valence-corrected chi connectivity index (χ0v) is 10.5. The van der Waals surface area contributed by atoms with Gasteiger partial charge in [0.2, 0.25) is 0 Å². The number of aryl methyl sites for hydroxylation is 1. The Morgan fingerprint density at radius 3 is 2.89 bits per heavy atom. The van der Waals surface area contributed by atoms with E-state index >= 15 is 0 Å². The highest BCUT2D eigenvalue weighted by Crippen LogP contribution is 2.16. The summed E-state index contributed by atoms with van der Waals surface area (Å²) in [6.07, 6.45) is 1.50. The van der Waals surface area contributed by atoms with E-state index in [2.05, 4.69) is 10.3 Å². The first-order valence-electron chi connectivity index (χ1n) is 5.82. The molecule has 1 amide bonds. The van der Waals surface area contributed by atoms with E-state index in [1.165, 1.54) is 12.3 Å². The number of amides is 1. The molecule has 0 aliphatic heterocycles. The van der Waals surface area contributed by atoms with Crippen LogP contribution >= 0.6 is 0 Å². The molecule has 0 fully saturated rings. The van der Waals surface area contributed by atoms with Crippen molar-refractivity contribution in [2.75, 3.05) is 5.32 Å². The lowest BCUT2D eigenvalue weighted by Crippen LogP contribution is -2.14. The van der Waals surface area contributed by atoms with Crippen LogP contribution in [-0.4, -0.2) is 10.9 Å². The maximum atomic E-state index is 13.5. The topological polar surface area (TPSA) is 68.0 Å². The van der Waals surface area contributed by atoms with Crippen molar-refractivity contribution < 1.29 is 9.18 Å². The third kappa shape index (κ3) is 3.14. The number of pyridine rings is 1. The Labute approximate surface area is 110 Å². The third-order valence-corrected chi connectivity index (χ3v) is 2.66. The molecule has 0 atom stereocenters. The molecule has 0 aliphatic carbocycles. The van der Waals surface area contributed by atoms with Crippen LogP contribution in [0.1, 0.15) is 21.6 Å². The van der Waals surface area contributed by atoms with Crippen LogP contribution in [0, 0.1) is 12.7 Å². The molecular formula is C14H14FN3O. The number of halogens is 1. The molecular weight excluding hydrogens is 245 g/mol. The Bertz CT molecular complexity index is 613. The van der Waals surface area contributed by atoms with Gasteiger partial charge in [-0.05, 0) is 36.8 Å². The number of aromatic nitrogens is 1. The average Bonchev–Trinajstić information content (AvgIpc) is 2.43. The van der Waals surface area contributed by atoms with Gasteiger partial charge >= 0.3 is 0 Å². The fourth-order valence-corrected chi connectivity index (χ4v) is 1.66. The van der Waals surface area contributed by atoms with E-state index in [0.29, 0.717) is 11.3 Å². The number of carbonyl (C=O) groups is 1. The van der Waals surface area contributed by atoms with Gasteiger partial charge in [-0.2, -0.15) is 0 Å². The number of hydrogen-bond donors (Lipinski definition) is 2. The lowest BCUT2D eigenvalue weighted by atomic mass is 10.2. The van der Waals surface area contributed by atoms with Crippen molar-refractivity contribution >= 4 is 11.6 Å². The number of nitrogens with one attached hydrogen (secondary N) is 1. The standard InChI is InChI=1S/C14H14FN3O/c1-9-2-3-12(15)13(6-9)18-14(19)10-4-5-17-11(7-10)8-16/h2-7H,8,16H2,1H3,(H,18,19). The van der Waals surface area contributed by atoms with Gasteiger partial charge in [-0.15, -0.1) is 0 Å². The summed E-state index contributed by atoms with van der Waals surface area (Å²) in [6.45, 7) is 2.08. The van der Waals surface area contributed by atoms with Crippen molar-refractivity contribution in [3.05, 3.63) is 59.2 Å². The van der Waals surface area contributed by atoms with Gasteiger partial charge in [-0.1, -0.05) is 6.07 Å². The highest BCUT2D eigenvalue weighted by atomic mass is 19.1. The smallest absolute Gasteiger partial charge is 0.255 e. The zero-order valence-electron chi connectivity index (χ0n) is 10.5. The predicted molar refractivity (Wildman–Crippen MR) is 71.2 cm³/mol. The number of rotatable bonds is 3. The van der Waals surface area contributed by atoms with E-state index in [1.807, 2.05) is 6.92 Å². The number of carbonyl (C=O) groups excluding carboxylic acids is 1. The molecule has 0 bridgehead atoms. The van der Waals surface area contributed by atoms with Crippen LogP contribution < -0.4 is 11.1 Å². The van der Waals surface area contributed by atoms with Crippen molar-refractivity contribution in [2.45, 2.75) is 13.5 Å². The second-order valence-corrected chi connectivity index (χ2v) is 4.18. The molecule has 5 heteroatoms. The average molecular weight is 259 g/mol. The normalized spacial score (nSPS) is 10.3. The summed E-state index contributed by atoms with van der Waals surface area (Å²) in [4.78, 5) is 16.0. The first-order chi connectivity index (χ1) is 9.10. The summed E-state index contributed by atoms with van der Waals surface area (Å²) in [5.41, 5.74) is 7.50. The van der Waals surface area contributed by atoms with Crippen molar-refractivity contribution in [1.29, 1.82) is 0 Å². The maximum Gasteiger partial charge on any atom is 0.255 e. The minimum atomic E-state index is -0.466. The van der Waals surface area contributed by atoms with E-state index in [9.17, 15) is 9.18 Å². The number of benzene rings is 1. The fourth-order valence-electron chi connectivity index (χ4n) is 1.66. The van der Waals surface area contributed by atoms with Crippen LogP contribution in [0.2, 0.25) is 0 Å². The lowest BCUT2D eigenvalue weighted by molar-refractivity contribution is 0.102. The van der Waals surface area contributed by atoms with Gasteiger partial charge in [-0.25, -0.2) is 4.39 Å². The Morgan fingerprint density at radius 2 is 2.16 bits per heavy atom. The SMILES string of the molecule is Cc1ccc(F)c(NC(=O)c2ccnc(CN)c2)c1. The minimum absolute atomic E-state index is 0.163. The predicted octanol–water partition coefficient (Wildman–Crippen LogP) is 2.24. The first kappa shape index (κ1) is 13.2. The molecule has 3 N–H and O–H groups in total. The number of anilines is 1. The van der Waals surface area contributed by atoms with Crippen LogP contribution in [-0.2, 0) is 6.54 Å². The van der Waals surface area contributed by atoms with E-state index in [0.717, 1.165) is 5.56 Å². The summed E-state index contributed by atoms with van der Waals surface area (Å²) >= 11 is 0. The van der Waals surface area contributed by atoms with Crippen molar-refractivity contribution in [2.24, 2.45) is 5.73 Å². The number of nitrogens with two attached hydrogens (primary N) is 1. The molecule has 1 aromatic heterocycles. The van der Waals surface area contributed by atoms with Gasteiger partial charge in [0.25, 0.3) is 5.91 Å². The molecule has 0 unspecified atom stereocenters. The molecule has 4 nitrogen and oxygen atoms in total. The molecule has 0 saturated carbocycles. The van der Waals surface area contributed by atoms with Gasteiger partial charge < -0.3 is 11.1 Å². The van der Waals surface area contributed by atoms with E-state index < -0.39 is 5.82 Å². The van der Waals surface area contributed by atoms with Crippen molar-refractivity contribution in [1.82, 2.24) is 4.98 Å². The number of hydrogen-bond acceptors (Lipinski definition) is 3. The molecule has 1 aromatic carbocycles. The highest BCUT2D eigenvalue weighted by molar-refractivity contribution is 6.04. The van der Waals surface area contributed by atoms with Crippen molar-refractivity contribution in [3.8, 4) is 0 Å². The Morgan fingerprint density at radius 1 is 1.37 bits per heavy atom. The van der Waals surface area contributed by atoms with Gasteiger partial charge in [-0.3, -0.25) is 9.78 Å². The molecule has 98 valence electrons. The first-order valence-corrected chi connectivity index (χ1v) is 5.82. The van der Waals surface area contributed by atoms with Gasteiger partial charge in [0.1, 0.15) is 5.82 Å². The molecule has 1 heterocycles. The largest absolute Gasteiger partial charge is 0.325 e. The highest BCUT2D eigenvalue weighted by Gasteiger charge is 2.10. The van der Waals surface area contributed by atoms with Crippen LogP contribution in [0.15, 0.2) is 36.5 Å². The summed E-state index contributed by atoms with van der Waals surface area (Å²) in [5.74, 6) is -0.853. The van der Waals surface area contributed by atoms with Gasteiger partial charge in [0.05, 0.1) is 11.4 Å². The minimum Gasteiger partial charge on any atom is -0.325 e. The summed E-state index contributed by atoms with van der Waals surface area (Å²) in [5, 5.41) is 2.54.